The summed E-state index contributed by atoms with van der Waals surface area (Å²) in [5.74, 6) is -0.706. The van der Waals surface area contributed by atoms with Crippen LogP contribution >= 0.6 is 23.2 Å². The third kappa shape index (κ3) is 2.88. The van der Waals surface area contributed by atoms with E-state index in [4.69, 9.17) is 23.2 Å². The normalized spacial score (nSPS) is 23.7. The van der Waals surface area contributed by atoms with E-state index in [-0.39, 0.29) is 0 Å². The molecule has 0 bridgehead atoms. The van der Waals surface area contributed by atoms with E-state index in [1.807, 2.05) is 25.1 Å². The summed E-state index contributed by atoms with van der Waals surface area (Å²) in [5, 5.41) is 10.6. The highest BCUT2D eigenvalue weighted by molar-refractivity contribution is 6.35. The highest BCUT2D eigenvalue weighted by Crippen LogP contribution is 2.36. The number of aliphatic carboxylic acids is 1. The van der Waals surface area contributed by atoms with Crippen molar-refractivity contribution in [2.75, 3.05) is 13.1 Å². The minimum Gasteiger partial charge on any atom is -0.481 e. The summed E-state index contributed by atoms with van der Waals surface area (Å²) >= 11 is 12.3. The minimum atomic E-state index is -0.706. The van der Waals surface area contributed by atoms with E-state index in [1.165, 1.54) is 0 Å². The zero-order chi connectivity index (χ0) is 14.0. The fourth-order valence-corrected chi connectivity index (χ4v) is 3.13. The summed E-state index contributed by atoms with van der Waals surface area (Å²) in [6.07, 6.45) is 1.33. The molecular weight excluding hydrogens is 285 g/mol. The van der Waals surface area contributed by atoms with E-state index in [0.29, 0.717) is 36.0 Å². The molecule has 1 N–H and O–H groups in total. The van der Waals surface area contributed by atoms with Crippen molar-refractivity contribution in [2.24, 2.45) is 5.41 Å². The lowest BCUT2D eigenvalue weighted by molar-refractivity contribution is -0.148. The maximum absolute atomic E-state index is 11.4. The number of rotatable bonds is 4. The Kier molecular flexibility index (Phi) is 4.39. The number of carboxylic acids is 1. The van der Waals surface area contributed by atoms with E-state index in [0.717, 1.165) is 12.1 Å². The van der Waals surface area contributed by atoms with Gasteiger partial charge in [0, 0.05) is 28.7 Å². The fourth-order valence-electron chi connectivity index (χ4n) is 2.61. The Bertz CT molecular complexity index is 472. The molecule has 1 aliphatic rings. The lowest BCUT2D eigenvalue weighted by Gasteiger charge is -2.23. The Morgan fingerprint density at radius 2 is 2.05 bits per heavy atom. The number of carbonyl (C=O) groups is 1. The molecule has 1 heterocycles. The molecule has 3 nitrogen and oxygen atoms in total. The molecule has 1 atom stereocenters. The van der Waals surface area contributed by atoms with Crippen LogP contribution < -0.4 is 0 Å². The number of halogens is 2. The van der Waals surface area contributed by atoms with Crippen molar-refractivity contribution in [1.82, 2.24) is 4.90 Å². The number of likely N-dealkylation sites (tertiary alicyclic amines) is 1. The Labute approximate surface area is 123 Å². The highest BCUT2D eigenvalue weighted by Gasteiger charge is 2.43. The number of hydrogen-bond acceptors (Lipinski definition) is 2. The predicted molar refractivity (Wildman–Crippen MR) is 76.7 cm³/mol. The van der Waals surface area contributed by atoms with Crippen LogP contribution in [0.3, 0.4) is 0 Å². The standard InChI is InChI=1S/C14H17Cl2NO2/c1-2-14(13(18)19)6-7-17(9-14)8-10-11(15)4-3-5-12(10)16/h3-5H,2,6-9H2,1H3,(H,18,19). The van der Waals surface area contributed by atoms with Gasteiger partial charge in [0.05, 0.1) is 5.41 Å². The van der Waals surface area contributed by atoms with E-state index in [9.17, 15) is 9.90 Å². The predicted octanol–water partition coefficient (Wildman–Crippen LogP) is 3.68. The molecule has 1 saturated heterocycles. The van der Waals surface area contributed by atoms with Gasteiger partial charge in [-0.3, -0.25) is 9.69 Å². The van der Waals surface area contributed by atoms with Crippen molar-refractivity contribution >= 4 is 29.2 Å². The molecule has 104 valence electrons. The van der Waals surface area contributed by atoms with E-state index < -0.39 is 11.4 Å². The topological polar surface area (TPSA) is 40.5 Å². The number of nitrogens with zero attached hydrogens (tertiary/aromatic N) is 1. The molecule has 1 unspecified atom stereocenters. The summed E-state index contributed by atoms with van der Waals surface area (Å²) in [5.41, 5.74) is 0.261. The monoisotopic (exact) mass is 301 g/mol. The van der Waals surface area contributed by atoms with Gasteiger partial charge >= 0.3 is 5.97 Å². The van der Waals surface area contributed by atoms with Crippen LogP contribution in [-0.2, 0) is 11.3 Å². The van der Waals surface area contributed by atoms with Crippen molar-refractivity contribution in [1.29, 1.82) is 0 Å². The minimum absolute atomic E-state index is 0.556. The van der Waals surface area contributed by atoms with Gasteiger partial charge in [0.2, 0.25) is 0 Å². The summed E-state index contributed by atoms with van der Waals surface area (Å²) in [4.78, 5) is 13.5. The van der Waals surface area contributed by atoms with E-state index >= 15 is 0 Å². The largest absolute Gasteiger partial charge is 0.481 e. The lowest BCUT2D eigenvalue weighted by atomic mass is 9.84. The Hall–Kier alpha value is -0.770. The van der Waals surface area contributed by atoms with Gasteiger partial charge in [0.25, 0.3) is 0 Å². The first-order chi connectivity index (χ1) is 8.98. The average molecular weight is 302 g/mol. The van der Waals surface area contributed by atoms with Gasteiger partial charge < -0.3 is 5.11 Å². The highest BCUT2D eigenvalue weighted by atomic mass is 35.5. The smallest absolute Gasteiger partial charge is 0.310 e. The molecule has 1 aromatic carbocycles. The second kappa shape index (κ2) is 5.70. The lowest BCUT2D eigenvalue weighted by Crippen LogP contribution is -2.33. The first-order valence-electron chi connectivity index (χ1n) is 6.37. The van der Waals surface area contributed by atoms with Crippen molar-refractivity contribution in [3.05, 3.63) is 33.8 Å². The van der Waals surface area contributed by atoms with E-state index in [1.54, 1.807) is 0 Å². The Morgan fingerprint density at radius 1 is 1.42 bits per heavy atom. The fraction of sp³-hybridized carbons (Fsp3) is 0.500. The molecular formula is C14H17Cl2NO2. The third-order valence-electron chi connectivity index (χ3n) is 4.01. The molecule has 1 fully saturated rings. The average Bonchev–Trinajstić information content (AvgIpc) is 2.79. The molecule has 0 aliphatic carbocycles. The summed E-state index contributed by atoms with van der Waals surface area (Å²) in [6, 6.07) is 5.43. The van der Waals surface area contributed by atoms with Crippen LogP contribution in [0, 0.1) is 5.41 Å². The molecule has 19 heavy (non-hydrogen) atoms. The summed E-state index contributed by atoms with van der Waals surface area (Å²) < 4.78 is 0. The van der Waals surface area contributed by atoms with Gasteiger partial charge in [0.15, 0.2) is 0 Å². The summed E-state index contributed by atoms with van der Waals surface area (Å²) in [7, 11) is 0. The first-order valence-corrected chi connectivity index (χ1v) is 7.13. The van der Waals surface area contributed by atoms with E-state index in [2.05, 4.69) is 4.90 Å². The molecule has 0 radical (unpaired) electrons. The van der Waals surface area contributed by atoms with Crippen LogP contribution in [0.2, 0.25) is 10.0 Å². The van der Waals surface area contributed by atoms with Crippen LogP contribution in [0.15, 0.2) is 18.2 Å². The van der Waals surface area contributed by atoms with Crippen LogP contribution in [0.5, 0.6) is 0 Å². The zero-order valence-electron chi connectivity index (χ0n) is 10.8. The molecule has 2 rings (SSSR count). The Morgan fingerprint density at radius 3 is 2.53 bits per heavy atom. The van der Waals surface area contributed by atoms with Crippen molar-refractivity contribution < 1.29 is 9.90 Å². The van der Waals surface area contributed by atoms with Gasteiger partial charge in [-0.2, -0.15) is 0 Å². The second-order valence-electron chi connectivity index (χ2n) is 5.10. The third-order valence-corrected chi connectivity index (χ3v) is 4.71. The number of benzene rings is 1. The molecule has 5 heteroatoms. The quantitative estimate of drug-likeness (QED) is 0.922. The molecule has 0 aromatic heterocycles. The molecule has 0 amide bonds. The van der Waals surface area contributed by atoms with Crippen molar-refractivity contribution in [3.8, 4) is 0 Å². The van der Waals surface area contributed by atoms with Crippen LogP contribution in [0.1, 0.15) is 25.3 Å². The summed E-state index contributed by atoms with van der Waals surface area (Å²) in [6.45, 7) is 3.86. The molecule has 1 aromatic rings. The zero-order valence-corrected chi connectivity index (χ0v) is 12.3. The molecule has 0 saturated carbocycles. The van der Waals surface area contributed by atoms with Crippen molar-refractivity contribution in [2.45, 2.75) is 26.3 Å². The number of carboxylic acid groups (broad SMARTS) is 1. The van der Waals surface area contributed by atoms with Crippen LogP contribution in [0.25, 0.3) is 0 Å². The van der Waals surface area contributed by atoms with Crippen LogP contribution in [0.4, 0.5) is 0 Å². The molecule has 1 aliphatic heterocycles. The van der Waals surface area contributed by atoms with Gasteiger partial charge in [-0.1, -0.05) is 36.2 Å². The maximum Gasteiger partial charge on any atom is 0.310 e. The van der Waals surface area contributed by atoms with Gasteiger partial charge in [-0.25, -0.2) is 0 Å². The SMILES string of the molecule is CCC1(C(=O)O)CCN(Cc2c(Cl)cccc2Cl)C1. The number of hydrogen-bond donors (Lipinski definition) is 1. The first kappa shape index (κ1) is 14.6. The molecule has 0 spiro atoms. The second-order valence-corrected chi connectivity index (χ2v) is 5.91. The Balaban J connectivity index is 2.13. The van der Waals surface area contributed by atoms with Gasteiger partial charge in [0.1, 0.15) is 0 Å². The van der Waals surface area contributed by atoms with Crippen molar-refractivity contribution in [3.63, 3.8) is 0 Å². The van der Waals surface area contributed by atoms with Gasteiger partial charge in [-0.15, -0.1) is 0 Å². The van der Waals surface area contributed by atoms with Crippen LogP contribution in [-0.4, -0.2) is 29.1 Å². The maximum atomic E-state index is 11.4. The van der Waals surface area contributed by atoms with Gasteiger partial charge in [-0.05, 0) is 31.5 Å².